The van der Waals surface area contributed by atoms with Gasteiger partial charge < -0.3 is 10.7 Å². The molecule has 2 rings (SSSR count). The van der Waals surface area contributed by atoms with Crippen molar-refractivity contribution in [2.75, 3.05) is 6.54 Å². The van der Waals surface area contributed by atoms with E-state index in [0.717, 1.165) is 0 Å². The molecule has 2 heterocycles. The van der Waals surface area contributed by atoms with Crippen LogP contribution in [0.25, 0.3) is 0 Å². The molecule has 17 heavy (non-hydrogen) atoms. The van der Waals surface area contributed by atoms with Crippen LogP contribution in [0.4, 0.5) is 0 Å². The Morgan fingerprint density at radius 1 is 1.53 bits per heavy atom. The summed E-state index contributed by atoms with van der Waals surface area (Å²) in [6.45, 7) is 2.58. The second kappa shape index (κ2) is 5.48. The first-order valence-electron chi connectivity index (χ1n) is 5.17. The van der Waals surface area contributed by atoms with Crippen LogP contribution in [0.1, 0.15) is 15.0 Å². The number of thiophene rings is 1. The molecule has 0 aliphatic rings. The van der Waals surface area contributed by atoms with Crippen LogP contribution in [-0.2, 0) is 0 Å². The Morgan fingerprint density at radius 3 is 2.94 bits per heavy atom. The molecule has 0 amide bonds. The van der Waals surface area contributed by atoms with Gasteiger partial charge in [-0.3, -0.25) is 4.79 Å². The van der Waals surface area contributed by atoms with Crippen LogP contribution in [0.5, 0.6) is 0 Å². The monoisotopic (exact) mass is 267 g/mol. The lowest BCUT2D eigenvalue weighted by atomic mass is 10.3. The van der Waals surface area contributed by atoms with E-state index >= 15 is 0 Å². The van der Waals surface area contributed by atoms with E-state index in [1.165, 1.54) is 33.8 Å². The number of H-pyrrole nitrogens is 1. The summed E-state index contributed by atoms with van der Waals surface area (Å²) in [5.41, 5.74) is 5.63. The minimum atomic E-state index is -0.138. The second-order valence-electron chi connectivity index (χ2n) is 3.53. The van der Waals surface area contributed by atoms with Gasteiger partial charge in [0.15, 0.2) is 5.16 Å². The topological polar surface area (TPSA) is 71.8 Å². The van der Waals surface area contributed by atoms with Crippen LogP contribution in [0.15, 0.2) is 34.3 Å². The molecule has 1 unspecified atom stereocenters. The quantitative estimate of drug-likeness (QED) is 0.656. The van der Waals surface area contributed by atoms with E-state index in [0.29, 0.717) is 11.7 Å². The van der Waals surface area contributed by atoms with Crippen molar-refractivity contribution in [3.05, 3.63) is 44.5 Å². The second-order valence-corrected chi connectivity index (χ2v) is 6.04. The average Bonchev–Trinajstić information content (AvgIpc) is 2.73. The first-order valence-corrected chi connectivity index (χ1v) is 6.87. The van der Waals surface area contributed by atoms with Crippen molar-refractivity contribution in [3.63, 3.8) is 0 Å². The molecule has 2 aromatic heterocycles. The van der Waals surface area contributed by atoms with E-state index in [9.17, 15) is 4.79 Å². The number of hydrogen-bond donors (Lipinski definition) is 2. The summed E-state index contributed by atoms with van der Waals surface area (Å²) >= 11 is 3.21. The van der Waals surface area contributed by atoms with Crippen LogP contribution >= 0.6 is 23.1 Å². The fourth-order valence-electron chi connectivity index (χ4n) is 1.40. The van der Waals surface area contributed by atoms with Crippen molar-refractivity contribution in [2.45, 2.75) is 17.3 Å². The first-order chi connectivity index (χ1) is 8.19. The third-order valence-electron chi connectivity index (χ3n) is 2.19. The lowest BCUT2D eigenvalue weighted by Gasteiger charge is -2.11. The summed E-state index contributed by atoms with van der Waals surface area (Å²) in [7, 11) is 0. The molecule has 0 saturated carbocycles. The molecule has 0 bridgehead atoms. The highest BCUT2D eigenvalue weighted by molar-refractivity contribution is 7.99. The Kier molecular flexibility index (Phi) is 3.98. The number of aromatic nitrogens is 2. The Bertz CT molecular complexity index is 549. The maximum Gasteiger partial charge on any atom is 0.251 e. The zero-order chi connectivity index (χ0) is 12.3. The largest absolute Gasteiger partial charge is 0.329 e. The molecule has 2 aromatic rings. The fourth-order valence-corrected chi connectivity index (χ4v) is 3.40. The Hall–Kier alpha value is -1.11. The van der Waals surface area contributed by atoms with Crippen LogP contribution in [0.3, 0.4) is 0 Å². The van der Waals surface area contributed by atoms with E-state index in [4.69, 9.17) is 5.73 Å². The van der Waals surface area contributed by atoms with Crippen molar-refractivity contribution in [2.24, 2.45) is 5.73 Å². The molecule has 0 aliphatic heterocycles. The van der Waals surface area contributed by atoms with Gasteiger partial charge in [-0.15, -0.1) is 11.3 Å². The lowest BCUT2D eigenvalue weighted by molar-refractivity contribution is 0.905. The van der Waals surface area contributed by atoms with Crippen LogP contribution in [0.2, 0.25) is 0 Å². The van der Waals surface area contributed by atoms with Crippen molar-refractivity contribution >= 4 is 23.1 Å². The van der Waals surface area contributed by atoms with Crippen molar-refractivity contribution in [1.82, 2.24) is 9.97 Å². The summed E-state index contributed by atoms with van der Waals surface area (Å²) in [6, 6.07) is 5.55. The smallest absolute Gasteiger partial charge is 0.251 e. The SMILES string of the molecule is Cc1ccc(C(CN)Sc2nccc(=O)[nH]2)s1. The molecule has 1 atom stereocenters. The van der Waals surface area contributed by atoms with E-state index < -0.39 is 0 Å². The number of nitrogens with two attached hydrogens (primary N) is 1. The van der Waals surface area contributed by atoms with Crippen LogP contribution in [-0.4, -0.2) is 16.5 Å². The van der Waals surface area contributed by atoms with E-state index in [-0.39, 0.29) is 10.8 Å². The minimum absolute atomic E-state index is 0.138. The molecule has 0 spiro atoms. The fraction of sp³-hybridized carbons (Fsp3) is 0.273. The van der Waals surface area contributed by atoms with Crippen molar-refractivity contribution < 1.29 is 0 Å². The number of hydrogen-bond acceptors (Lipinski definition) is 5. The van der Waals surface area contributed by atoms with E-state index in [1.807, 2.05) is 0 Å². The zero-order valence-electron chi connectivity index (χ0n) is 9.34. The standard InChI is InChI=1S/C11H13N3OS2/c1-7-2-3-8(16-7)9(6-12)17-11-13-5-4-10(15)14-11/h2-5,9H,6,12H2,1H3,(H,13,14,15). The van der Waals surface area contributed by atoms with Gasteiger partial charge in [-0.05, 0) is 19.1 Å². The third-order valence-corrected chi connectivity index (χ3v) is 4.62. The van der Waals surface area contributed by atoms with E-state index in [2.05, 4.69) is 29.0 Å². The van der Waals surface area contributed by atoms with Gasteiger partial charge in [0, 0.05) is 28.6 Å². The normalized spacial score (nSPS) is 12.6. The lowest BCUT2D eigenvalue weighted by Crippen LogP contribution is -2.11. The molecular formula is C11H13N3OS2. The number of rotatable bonds is 4. The third kappa shape index (κ3) is 3.18. The zero-order valence-corrected chi connectivity index (χ0v) is 11.0. The van der Waals surface area contributed by atoms with Gasteiger partial charge in [-0.2, -0.15) is 0 Å². The maximum absolute atomic E-state index is 11.2. The summed E-state index contributed by atoms with van der Waals surface area (Å²) in [4.78, 5) is 20.4. The molecule has 6 heteroatoms. The molecule has 3 N–H and O–H groups in total. The van der Waals surface area contributed by atoms with Gasteiger partial charge in [-0.25, -0.2) is 4.98 Å². The number of aromatic amines is 1. The van der Waals surface area contributed by atoms with Gasteiger partial charge in [0.25, 0.3) is 5.56 Å². The number of aryl methyl sites for hydroxylation is 1. The maximum atomic E-state index is 11.2. The molecule has 0 aliphatic carbocycles. The van der Waals surface area contributed by atoms with Gasteiger partial charge in [0.2, 0.25) is 0 Å². The number of thioether (sulfide) groups is 1. The molecule has 0 fully saturated rings. The summed E-state index contributed by atoms with van der Waals surface area (Å²) in [5, 5.41) is 0.748. The highest BCUT2D eigenvalue weighted by atomic mass is 32.2. The molecule has 0 radical (unpaired) electrons. The predicted molar refractivity (Wildman–Crippen MR) is 71.6 cm³/mol. The highest BCUT2D eigenvalue weighted by Crippen LogP contribution is 2.35. The van der Waals surface area contributed by atoms with Crippen molar-refractivity contribution in [3.8, 4) is 0 Å². The van der Waals surface area contributed by atoms with Crippen LogP contribution in [0, 0.1) is 6.92 Å². The number of nitrogens with one attached hydrogen (secondary N) is 1. The van der Waals surface area contributed by atoms with Gasteiger partial charge in [-0.1, -0.05) is 11.8 Å². The van der Waals surface area contributed by atoms with Gasteiger partial charge >= 0.3 is 0 Å². The predicted octanol–water partition coefficient (Wildman–Crippen LogP) is 1.93. The van der Waals surface area contributed by atoms with Crippen LogP contribution < -0.4 is 11.3 Å². The molecule has 4 nitrogen and oxygen atoms in total. The summed E-state index contributed by atoms with van der Waals surface area (Å²) < 4.78 is 0. The minimum Gasteiger partial charge on any atom is -0.329 e. The van der Waals surface area contributed by atoms with Gasteiger partial charge in [0.1, 0.15) is 0 Å². The Labute approximate surface area is 107 Å². The van der Waals surface area contributed by atoms with E-state index in [1.54, 1.807) is 11.3 Å². The molecule has 0 saturated heterocycles. The van der Waals surface area contributed by atoms with Crippen molar-refractivity contribution in [1.29, 1.82) is 0 Å². The number of nitrogens with zero attached hydrogens (tertiary/aromatic N) is 1. The molecule has 0 aromatic carbocycles. The summed E-state index contributed by atoms with van der Waals surface area (Å²) in [6.07, 6.45) is 1.51. The highest BCUT2D eigenvalue weighted by Gasteiger charge is 2.14. The summed E-state index contributed by atoms with van der Waals surface area (Å²) in [5.74, 6) is 0. The molecular weight excluding hydrogens is 254 g/mol. The Balaban J connectivity index is 2.18. The van der Waals surface area contributed by atoms with Gasteiger partial charge in [0.05, 0.1) is 5.25 Å². The Morgan fingerprint density at radius 2 is 2.35 bits per heavy atom. The average molecular weight is 267 g/mol. The first kappa shape index (κ1) is 12.3. The molecule has 90 valence electrons.